The van der Waals surface area contributed by atoms with Crippen LogP contribution in [0, 0.1) is 0 Å². The van der Waals surface area contributed by atoms with E-state index in [1.54, 1.807) is 24.7 Å². The number of aromatic amines is 1. The summed E-state index contributed by atoms with van der Waals surface area (Å²) in [5, 5.41) is 6.22. The lowest BCUT2D eigenvalue weighted by atomic mass is 9.93. The second kappa shape index (κ2) is 8.54. The van der Waals surface area contributed by atoms with Gasteiger partial charge in [0.2, 0.25) is 0 Å². The molecule has 4 rings (SSSR count). The van der Waals surface area contributed by atoms with E-state index in [0.29, 0.717) is 41.6 Å². The van der Waals surface area contributed by atoms with Gasteiger partial charge in [-0.05, 0) is 32.2 Å². The van der Waals surface area contributed by atoms with Crippen molar-refractivity contribution in [3.8, 4) is 5.75 Å². The van der Waals surface area contributed by atoms with E-state index < -0.39 is 0 Å². The number of ketones is 1. The summed E-state index contributed by atoms with van der Waals surface area (Å²) in [6, 6.07) is 2.07. The fraction of sp³-hybridized carbons (Fsp3) is 0.421. The number of aryl methyl sites for hydroxylation is 1. The third-order valence-electron chi connectivity index (χ3n) is 4.95. The van der Waals surface area contributed by atoms with Gasteiger partial charge in [-0.15, -0.1) is 12.4 Å². The van der Waals surface area contributed by atoms with Crippen molar-refractivity contribution in [2.24, 2.45) is 0 Å². The van der Waals surface area contributed by atoms with Crippen molar-refractivity contribution in [2.45, 2.75) is 38.1 Å². The summed E-state index contributed by atoms with van der Waals surface area (Å²) in [6.07, 6.45) is 9.16. The number of carbonyl (C=O) groups is 2. The zero-order valence-electron chi connectivity index (χ0n) is 14.9. The number of nitrogens with one attached hydrogen (secondary N) is 3. The molecule has 3 heterocycles. The lowest BCUT2D eigenvalue weighted by Gasteiger charge is -2.16. The predicted molar refractivity (Wildman–Crippen MR) is 104 cm³/mol. The van der Waals surface area contributed by atoms with Crippen molar-refractivity contribution in [1.82, 2.24) is 15.3 Å². The number of fused-ring (bicyclic) bond motifs is 1. The number of hydrogen-bond acceptors (Lipinski definition) is 5. The van der Waals surface area contributed by atoms with E-state index in [-0.39, 0.29) is 24.1 Å². The first-order chi connectivity index (χ1) is 12.7. The van der Waals surface area contributed by atoms with E-state index in [2.05, 4.69) is 20.6 Å². The number of pyridine rings is 1. The van der Waals surface area contributed by atoms with E-state index in [1.807, 2.05) is 0 Å². The van der Waals surface area contributed by atoms with Crippen molar-refractivity contribution in [3.63, 3.8) is 0 Å². The number of anilines is 1. The number of aromatic nitrogens is 2. The van der Waals surface area contributed by atoms with E-state index in [0.717, 1.165) is 37.9 Å². The van der Waals surface area contributed by atoms with E-state index >= 15 is 0 Å². The number of halogens is 1. The molecular formula is C19H23ClN4O3. The Labute approximate surface area is 163 Å². The van der Waals surface area contributed by atoms with Gasteiger partial charge in [0, 0.05) is 36.6 Å². The first kappa shape index (κ1) is 19.4. The van der Waals surface area contributed by atoms with Crippen molar-refractivity contribution < 1.29 is 14.3 Å². The summed E-state index contributed by atoms with van der Waals surface area (Å²) in [7, 11) is 0. The molecule has 144 valence electrons. The fourth-order valence-electron chi connectivity index (χ4n) is 3.59. The topological polar surface area (TPSA) is 96.1 Å². The van der Waals surface area contributed by atoms with Crippen molar-refractivity contribution in [1.29, 1.82) is 0 Å². The van der Waals surface area contributed by atoms with Crippen LogP contribution in [-0.4, -0.2) is 40.9 Å². The third-order valence-corrected chi connectivity index (χ3v) is 4.95. The highest BCUT2D eigenvalue weighted by Crippen LogP contribution is 2.27. The minimum atomic E-state index is -0.324. The molecule has 1 aliphatic heterocycles. The number of ether oxygens (including phenoxy) is 1. The number of nitrogens with zero attached hydrogens (tertiary/aromatic N) is 1. The van der Waals surface area contributed by atoms with Crippen LogP contribution in [0.4, 0.5) is 5.69 Å². The zero-order valence-corrected chi connectivity index (χ0v) is 15.7. The maximum atomic E-state index is 12.7. The highest BCUT2D eigenvalue weighted by Gasteiger charge is 2.26. The maximum absolute atomic E-state index is 12.7. The Hall–Kier alpha value is -2.38. The van der Waals surface area contributed by atoms with E-state index in [4.69, 9.17) is 4.74 Å². The maximum Gasteiger partial charge on any atom is 0.258 e. The van der Waals surface area contributed by atoms with Gasteiger partial charge in [0.25, 0.3) is 5.91 Å². The first-order valence-electron chi connectivity index (χ1n) is 9.07. The Kier molecular flexibility index (Phi) is 6.13. The molecule has 1 fully saturated rings. The van der Waals surface area contributed by atoms with Crippen molar-refractivity contribution in [3.05, 3.63) is 41.5 Å². The summed E-state index contributed by atoms with van der Waals surface area (Å²) in [5.74, 6) is 0.278. The van der Waals surface area contributed by atoms with Crippen LogP contribution in [0.5, 0.6) is 5.75 Å². The van der Waals surface area contributed by atoms with Crippen LogP contribution in [0.3, 0.4) is 0 Å². The van der Waals surface area contributed by atoms with Gasteiger partial charge in [-0.2, -0.15) is 0 Å². The Morgan fingerprint density at radius 2 is 2.22 bits per heavy atom. The second-order valence-electron chi connectivity index (χ2n) is 6.76. The largest absolute Gasteiger partial charge is 0.490 e. The SMILES string of the molecule is Cl.O=C(Nc1cnccc1OCC1CCCN1)c1c[nH]c2c1C(=O)CCC2. The summed E-state index contributed by atoms with van der Waals surface area (Å²) in [6.45, 7) is 1.56. The molecule has 1 saturated heterocycles. The predicted octanol–water partition coefficient (Wildman–Crippen LogP) is 2.73. The third kappa shape index (κ3) is 4.14. The van der Waals surface area contributed by atoms with Crippen molar-refractivity contribution >= 4 is 29.8 Å². The standard InChI is InChI=1S/C19H22N4O3.ClH/c24-16-5-1-4-14-18(16)13(9-22-14)19(25)23-15-10-20-8-6-17(15)26-11-12-3-2-7-21-12;/h6,8-10,12,21-22H,1-5,7,11H2,(H,23,25);1H. The van der Waals surface area contributed by atoms with Gasteiger partial charge < -0.3 is 20.4 Å². The molecule has 2 aliphatic rings. The number of Topliss-reactive ketones (excluding diaryl/α,β-unsaturated/α-hetero) is 1. The lowest BCUT2D eigenvalue weighted by Crippen LogP contribution is -2.28. The average Bonchev–Trinajstić information content (AvgIpc) is 3.31. The normalized spacial score (nSPS) is 18.5. The van der Waals surface area contributed by atoms with Crippen molar-refractivity contribution in [2.75, 3.05) is 18.5 Å². The Balaban J connectivity index is 0.00000210. The number of hydrogen-bond donors (Lipinski definition) is 3. The summed E-state index contributed by atoms with van der Waals surface area (Å²) >= 11 is 0. The summed E-state index contributed by atoms with van der Waals surface area (Å²) in [4.78, 5) is 32.1. The van der Waals surface area contributed by atoms with Gasteiger partial charge in [-0.1, -0.05) is 0 Å². The number of amides is 1. The van der Waals surface area contributed by atoms with Crippen LogP contribution >= 0.6 is 12.4 Å². The van der Waals surface area contributed by atoms with Crippen LogP contribution in [0.1, 0.15) is 52.1 Å². The fourth-order valence-corrected chi connectivity index (χ4v) is 3.59. The lowest BCUT2D eigenvalue weighted by molar-refractivity contribution is 0.0956. The smallest absolute Gasteiger partial charge is 0.258 e. The van der Waals surface area contributed by atoms with Gasteiger partial charge in [0.05, 0.1) is 17.3 Å². The molecule has 1 amide bonds. The van der Waals surface area contributed by atoms with E-state index in [1.165, 1.54) is 0 Å². The molecule has 3 N–H and O–H groups in total. The molecule has 2 aromatic rings. The number of rotatable bonds is 5. The minimum Gasteiger partial charge on any atom is -0.490 e. The Morgan fingerprint density at radius 1 is 1.33 bits per heavy atom. The molecule has 27 heavy (non-hydrogen) atoms. The van der Waals surface area contributed by atoms with Crippen LogP contribution in [-0.2, 0) is 6.42 Å². The highest BCUT2D eigenvalue weighted by atomic mass is 35.5. The quantitative estimate of drug-likeness (QED) is 0.729. The zero-order chi connectivity index (χ0) is 17.9. The monoisotopic (exact) mass is 390 g/mol. The molecule has 1 aliphatic carbocycles. The molecule has 1 unspecified atom stereocenters. The molecule has 2 aromatic heterocycles. The van der Waals surface area contributed by atoms with Gasteiger partial charge in [-0.25, -0.2) is 0 Å². The number of carbonyl (C=O) groups excluding carboxylic acids is 2. The van der Waals surface area contributed by atoms with E-state index in [9.17, 15) is 9.59 Å². The van der Waals surface area contributed by atoms with Crippen LogP contribution in [0.25, 0.3) is 0 Å². The van der Waals surface area contributed by atoms with Crippen LogP contribution in [0.2, 0.25) is 0 Å². The molecule has 7 nitrogen and oxygen atoms in total. The van der Waals surface area contributed by atoms with Gasteiger partial charge in [-0.3, -0.25) is 14.6 Å². The molecule has 0 aromatic carbocycles. The van der Waals surface area contributed by atoms with Gasteiger partial charge in [0.15, 0.2) is 5.78 Å². The Morgan fingerprint density at radius 3 is 3.04 bits per heavy atom. The molecule has 0 spiro atoms. The second-order valence-corrected chi connectivity index (χ2v) is 6.76. The molecule has 0 bridgehead atoms. The van der Waals surface area contributed by atoms with Gasteiger partial charge in [0.1, 0.15) is 18.0 Å². The van der Waals surface area contributed by atoms with Gasteiger partial charge >= 0.3 is 0 Å². The Bertz CT molecular complexity index is 830. The molecule has 8 heteroatoms. The average molecular weight is 391 g/mol. The molecule has 0 radical (unpaired) electrons. The molecular weight excluding hydrogens is 368 g/mol. The first-order valence-corrected chi connectivity index (χ1v) is 9.07. The van der Waals surface area contributed by atoms with Crippen LogP contribution in [0.15, 0.2) is 24.7 Å². The minimum absolute atomic E-state index is 0. The number of H-pyrrole nitrogens is 1. The summed E-state index contributed by atoms with van der Waals surface area (Å²) in [5.41, 5.74) is 2.27. The molecule has 0 saturated carbocycles. The summed E-state index contributed by atoms with van der Waals surface area (Å²) < 4.78 is 5.88. The molecule has 1 atom stereocenters. The highest BCUT2D eigenvalue weighted by molar-refractivity contribution is 6.13. The van der Waals surface area contributed by atoms with Crippen LogP contribution < -0.4 is 15.4 Å².